The van der Waals surface area contributed by atoms with E-state index < -0.39 is 0 Å². The van der Waals surface area contributed by atoms with Gasteiger partial charge in [0.1, 0.15) is 0 Å². The van der Waals surface area contributed by atoms with Gasteiger partial charge >= 0.3 is 0 Å². The molecule has 0 aliphatic heterocycles. The highest BCUT2D eigenvalue weighted by atomic mass is 31.1. The molecular weight excluding hydrogens is 129 g/mol. The van der Waals surface area contributed by atoms with Crippen LogP contribution in [0.25, 0.3) is 0 Å². The molecule has 1 atom stereocenters. The molecule has 0 bridgehead atoms. The predicted octanol–water partition coefficient (Wildman–Crippen LogP) is 2.71. The van der Waals surface area contributed by atoms with Crippen molar-refractivity contribution in [1.82, 2.24) is 0 Å². The van der Waals surface area contributed by atoms with Crippen molar-refractivity contribution in [2.45, 2.75) is 33.4 Å². The average molecular weight is 145 g/mol. The van der Waals surface area contributed by atoms with Crippen LogP contribution in [0.5, 0.6) is 0 Å². The van der Waals surface area contributed by atoms with Crippen molar-refractivity contribution in [3.8, 4) is 0 Å². The average Bonchev–Trinajstić information content (AvgIpc) is 1.63. The molecule has 0 amide bonds. The van der Waals surface area contributed by atoms with E-state index in [0.29, 0.717) is 11.6 Å². The molecule has 0 aromatic rings. The molecule has 0 aromatic heterocycles. The molecule has 2 heteroatoms. The fourth-order valence-electron chi connectivity index (χ4n) is 0.478. The van der Waals surface area contributed by atoms with Crippen molar-refractivity contribution in [2.75, 3.05) is 0 Å². The first-order valence-electron chi connectivity index (χ1n) is 3.39. The van der Waals surface area contributed by atoms with Gasteiger partial charge in [-0.3, -0.25) is 0 Å². The summed E-state index contributed by atoms with van der Waals surface area (Å²) in [5.41, 5.74) is 1.57. The van der Waals surface area contributed by atoms with Crippen LogP contribution < -0.4 is 0 Å². The minimum Gasteiger partial charge on any atom is -0.305 e. The van der Waals surface area contributed by atoms with Crippen LogP contribution in [0.4, 0.5) is 0 Å². The highest BCUT2D eigenvalue weighted by Gasteiger charge is 2.03. The van der Waals surface area contributed by atoms with E-state index in [9.17, 15) is 0 Å². The minimum absolute atomic E-state index is 0.450. The lowest BCUT2D eigenvalue weighted by Gasteiger charge is -2.08. The SMILES string of the molecule is CC(C)PC(=N)C(C)C. The molecule has 0 spiro atoms. The summed E-state index contributed by atoms with van der Waals surface area (Å²) in [4.78, 5) is 0. The Balaban J connectivity index is 3.51. The Morgan fingerprint density at radius 1 is 1.22 bits per heavy atom. The lowest BCUT2D eigenvalue weighted by molar-refractivity contribution is 0.891. The van der Waals surface area contributed by atoms with E-state index in [4.69, 9.17) is 5.41 Å². The fraction of sp³-hybridized carbons (Fsp3) is 0.857. The number of hydrogen-bond acceptors (Lipinski definition) is 1. The Hall–Kier alpha value is 0.100. The van der Waals surface area contributed by atoms with Gasteiger partial charge in [-0.1, -0.05) is 36.3 Å². The third-order valence-corrected chi connectivity index (χ3v) is 2.49. The lowest BCUT2D eigenvalue weighted by Crippen LogP contribution is -2.01. The maximum Gasteiger partial charge on any atom is 0.0315 e. The summed E-state index contributed by atoms with van der Waals surface area (Å²) in [5, 5.41) is 7.49. The zero-order valence-electron chi connectivity index (χ0n) is 6.65. The predicted molar refractivity (Wildman–Crippen MR) is 46.0 cm³/mol. The molecule has 0 radical (unpaired) electrons. The summed E-state index contributed by atoms with van der Waals surface area (Å²) in [7, 11) is 0.726. The second-order valence-corrected chi connectivity index (χ2v) is 4.85. The van der Waals surface area contributed by atoms with E-state index in [0.717, 1.165) is 14.0 Å². The molecular formula is C7H16NP. The monoisotopic (exact) mass is 145 g/mol. The van der Waals surface area contributed by atoms with Crippen molar-refractivity contribution >= 4 is 14.0 Å². The topological polar surface area (TPSA) is 23.9 Å². The van der Waals surface area contributed by atoms with Crippen LogP contribution in [0.1, 0.15) is 27.7 Å². The lowest BCUT2D eigenvalue weighted by atomic mass is 10.2. The molecule has 9 heavy (non-hydrogen) atoms. The summed E-state index contributed by atoms with van der Waals surface area (Å²) in [6.45, 7) is 8.49. The van der Waals surface area contributed by atoms with Crippen molar-refractivity contribution in [3.63, 3.8) is 0 Å². The minimum atomic E-state index is 0.450. The van der Waals surface area contributed by atoms with Crippen molar-refractivity contribution in [3.05, 3.63) is 0 Å². The smallest absolute Gasteiger partial charge is 0.0315 e. The molecule has 0 aromatic carbocycles. The molecule has 0 rings (SSSR count). The molecule has 1 unspecified atom stereocenters. The molecule has 0 fully saturated rings. The Bertz CT molecular complexity index is 97.1. The zero-order valence-corrected chi connectivity index (χ0v) is 7.65. The molecule has 1 nitrogen and oxygen atoms in total. The van der Waals surface area contributed by atoms with Gasteiger partial charge in [0, 0.05) is 5.45 Å². The standard InChI is InChI=1S/C7H16NP/c1-5(2)7(8)9-6(3)4/h5-6,8-9H,1-4H3. The Morgan fingerprint density at radius 2 is 1.67 bits per heavy atom. The van der Waals surface area contributed by atoms with Gasteiger partial charge in [-0.05, 0) is 11.6 Å². The van der Waals surface area contributed by atoms with Gasteiger partial charge in [-0.25, -0.2) is 0 Å². The second kappa shape index (κ2) is 4.00. The van der Waals surface area contributed by atoms with Crippen LogP contribution in [-0.4, -0.2) is 11.1 Å². The number of hydrogen-bond donors (Lipinski definition) is 1. The molecule has 0 aliphatic carbocycles. The van der Waals surface area contributed by atoms with Gasteiger partial charge in [0.05, 0.1) is 0 Å². The third kappa shape index (κ3) is 4.59. The van der Waals surface area contributed by atoms with E-state index in [1.807, 2.05) is 0 Å². The Morgan fingerprint density at radius 3 is 1.78 bits per heavy atom. The summed E-state index contributed by atoms with van der Waals surface area (Å²) < 4.78 is 0. The normalized spacial score (nSPS) is 12.2. The summed E-state index contributed by atoms with van der Waals surface area (Å²) in [6, 6.07) is 0. The maximum atomic E-state index is 7.49. The van der Waals surface area contributed by atoms with E-state index in [2.05, 4.69) is 27.7 Å². The highest BCUT2D eigenvalue weighted by Crippen LogP contribution is 2.23. The molecule has 0 saturated heterocycles. The van der Waals surface area contributed by atoms with E-state index in [1.165, 1.54) is 0 Å². The quantitative estimate of drug-likeness (QED) is 0.466. The number of nitrogens with one attached hydrogen (secondary N) is 1. The maximum absolute atomic E-state index is 7.49. The van der Waals surface area contributed by atoms with Gasteiger partial charge in [0.2, 0.25) is 0 Å². The fourth-order valence-corrected chi connectivity index (χ4v) is 1.43. The number of rotatable bonds is 3. The van der Waals surface area contributed by atoms with Gasteiger partial charge in [0.15, 0.2) is 0 Å². The highest BCUT2D eigenvalue weighted by molar-refractivity contribution is 7.58. The molecule has 0 saturated carbocycles. The molecule has 54 valence electrons. The van der Waals surface area contributed by atoms with Crippen molar-refractivity contribution in [2.24, 2.45) is 5.92 Å². The van der Waals surface area contributed by atoms with E-state index in [1.54, 1.807) is 0 Å². The summed E-state index contributed by atoms with van der Waals surface area (Å²) >= 11 is 0. The van der Waals surface area contributed by atoms with E-state index in [-0.39, 0.29) is 0 Å². The molecule has 0 heterocycles. The van der Waals surface area contributed by atoms with Gasteiger partial charge in [0.25, 0.3) is 0 Å². The van der Waals surface area contributed by atoms with Gasteiger partial charge < -0.3 is 5.41 Å². The van der Waals surface area contributed by atoms with Crippen LogP contribution >= 0.6 is 8.58 Å². The summed E-state index contributed by atoms with van der Waals surface area (Å²) in [6.07, 6.45) is 0. The van der Waals surface area contributed by atoms with Crippen LogP contribution in [-0.2, 0) is 0 Å². The zero-order chi connectivity index (χ0) is 7.44. The second-order valence-electron chi connectivity index (χ2n) is 2.87. The van der Waals surface area contributed by atoms with Gasteiger partial charge in [-0.2, -0.15) is 0 Å². The first kappa shape index (κ1) is 9.10. The van der Waals surface area contributed by atoms with Gasteiger partial charge in [-0.15, -0.1) is 0 Å². The van der Waals surface area contributed by atoms with Crippen LogP contribution in [0, 0.1) is 11.3 Å². The van der Waals surface area contributed by atoms with Crippen molar-refractivity contribution < 1.29 is 0 Å². The van der Waals surface area contributed by atoms with Crippen LogP contribution in [0.3, 0.4) is 0 Å². The third-order valence-electron chi connectivity index (χ3n) is 1.02. The van der Waals surface area contributed by atoms with E-state index >= 15 is 0 Å². The van der Waals surface area contributed by atoms with Crippen LogP contribution in [0.15, 0.2) is 0 Å². The summed E-state index contributed by atoms with van der Waals surface area (Å²) in [5.74, 6) is 0.450. The first-order valence-corrected chi connectivity index (χ1v) is 4.46. The van der Waals surface area contributed by atoms with Crippen LogP contribution in [0.2, 0.25) is 0 Å². The Kier molecular flexibility index (Phi) is 4.05. The molecule has 0 aliphatic rings. The Labute approximate surface area is 59.5 Å². The largest absolute Gasteiger partial charge is 0.305 e. The van der Waals surface area contributed by atoms with Crippen molar-refractivity contribution in [1.29, 1.82) is 5.41 Å². The molecule has 1 N–H and O–H groups in total. The first-order chi connectivity index (χ1) is 4.04.